The molecule has 2 N–H and O–H groups in total. The first-order valence-electron chi connectivity index (χ1n) is 6.15. The van der Waals surface area contributed by atoms with Crippen LogP contribution in [0.25, 0.3) is 0 Å². The second-order valence-corrected chi connectivity index (χ2v) is 5.62. The third-order valence-electron chi connectivity index (χ3n) is 3.64. The van der Waals surface area contributed by atoms with Gasteiger partial charge in [-0.15, -0.1) is 0 Å². The number of H-pyrrole nitrogens is 1. The van der Waals surface area contributed by atoms with E-state index in [1.54, 1.807) is 6.20 Å². The Labute approximate surface area is 109 Å². The van der Waals surface area contributed by atoms with Crippen molar-refractivity contribution in [2.75, 3.05) is 11.9 Å². The first kappa shape index (κ1) is 12.6. The van der Waals surface area contributed by atoms with Crippen molar-refractivity contribution in [3.05, 3.63) is 21.0 Å². The molecule has 1 aliphatic carbocycles. The maximum Gasteiger partial charge on any atom is 0.280 e. The fourth-order valence-corrected chi connectivity index (χ4v) is 2.78. The van der Waals surface area contributed by atoms with Gasteiger partial charge in [0, 0.05) is 6.54 Å². The Hall–Kier alpha value is -0.840. The number of halogens is 1. The maximum atomic E-state index is 11.4. The zero-order valence-electron chi connectivity index (χ0n) is 10.0. The molecule has 17 heavy (non-hydrogen) atoms. The molecule has 2 atom stereocenters. The summed E-state index contributed by atoms with van der Waals surface area (Å²) in [5.74, 6) is 1.47. The highest BCUT2D eigenvalue weighted by Crippen LogP contribution is 2.30. The van der Waals surface area contributed by atoms with Gasteiger partial charge in [-0.3, -0.25) is 4.79 Å². The molecule has 0 aromatic carbocycles. The van der Waals surface area contributed by atoms with Crippen LogP contribution >= 0.6 is 15.9 Å². The summed E-state index contributed by atoms with van der Waals surface area (Å²) in [6, 6.07) is 0. The number of rotatable bonds is 3. The molecule has 5 heteroatoms. The van der Waals surface area contributed by atoms with E-state index < -0.39 is 0 Å². The van der Waals surface area contributed by atoms with E-state index in [4.69, 9.17) is 0 Å². The fraction of sp³-hybridized carbons (Fsp3) is 0.667. The fourth-order valence-electron chi connectivity index (χ4n) is 2.44. The van der Waals surface area contributed by atoms with Gasteiger partial charge in [0.05, 0.1) is 11.9 Å². The molecule has 94 valence electrons. The lowest BCUT2D eigenvalue weighted by Gasteiger charge is -2.29. The van der Waals surface area contributed by atoms with Crippen LogP contribution in [0.1, 0.15) is 32.6 Å². The summed E-state index contributed by atoms with van der Waals surface area (Å²) >= 11 is 3.27. The van der Waals surface area contributed by atoms with E-state index in [1.165, 1.54) is 25.7 Å². The summed E-state index contributed by atoms with van der Waals surface area (Å²) in [6.45, 7) is 3.24. The molecule has 1 aromatic rings. The molecule has 0 radical (unpaired) electrons. The summed E-state index contributed by atoms with van der Waals surface area (Å²) < 4.78 is 0.538. The lowest BCUT2D eigenvalue weighted by Crippen LogP contribution is -2.25. The maximum absolute atomic E-state index is 11.4. The molecule has 1 aliphatic rings. The number of anilines is 1. The second kappa shape index (κ2) is 5.67. The standard InChI is InChI=1S/C12H18BrN3O/c1-8-4-2-3-5-9(8)6-14-10-7-15-16-12(17)11(10)13/h7-9H,2-6H2,1H3,(H2,14,16,17). The monoisotopic (exact) mass is 299 g/mol. The predicted molar refractivity (Wildman–Crippen MR) is 72.2 cm³/mol. The van der Waals surface area contributed by atoms with E-state index in [-0.39, 0.29) is 5.56 Å². The zero-order chi connectivity index (χ0) is 12.3. The molecule has 1 aromatic heterocycles. The van der Waals surface area contributed by atoms with Crippen LogP contribution in [0.4, 0.5) is 5.69 Å². The van der Waals surface area contributed by atoms with Gasteiger partial charge < -0.3 is 5.32 Å². The number of nitrogens with zero attached hydrogens (tertiary/aromatic N) is 1. The van der Waals surface area contributed by atoms with Gasteiger partial charge in [0.25, 0.3) is 5.56 Å². The van der Waals surface area contributed by atoms with E-state index in [0.29, 0.717) is 10.4 Å². The number of nitrogens with one attached hydrogen (secondary N) is 2. The summed E-state index contributed by atoms with van der Waals surface area (Å²) in [7, 11) is 0. The van der Waals surface area contributed by atoms with E-state index in [9.17, 15) is 4.79 Å². The summed E-state index contributed by atoms with van der Waals surface area (Å²) in [5, 5.41) is 9.52. The van der Waals surface area contributed by atoms with Crippen LogP contribution in [0.3, 0.4) is 0 Å². The zero-order valence-corrected chi connectivity index (χ0v) is 11.6. The minimum Gasteiger partial charge on any atom is -0.382 e. The minimum atomic E-state index is -0.188. The molecule has 0 aliphatic heterocycles. The topological polar surface area (TPSA) is 57.8 Å². The van der Waals surface area contributed by atoms with Gasteiger partial charge in [0.2, 0.25) is 0 Å². The first-order chi connectivity index (χ1) is 8.18. The average Bonchev–Trinajstić information content (AvgIpc) is 2.33. The lowest BCUT2D eigenvalue weighted by atomic mass is 9.80. The van der Waals surface area contributed by atoms with Gasteiger partial charge in [0.1, 0.15) is 4.47 Å². The largest absolute Gasteiger partial charge is 0.382 e. The minimum absolute atomic E-state index is 0.188. The molecule has 0 bridgehead atoms. The van der Waals surface area contributed by atoms with Gasteiger partial charge in [-0.2, -0.15) is 5.10 Å². The van der Waals surface area contributed by atoms with Crippen molar-refractivity contribution in [1.29, 1.82) is 0 Å². The smallest absolute Gasteiger partial charge is 0.280 e. The van der Waals surface area contributed by atoms with E-state index in [1.807, 2.05) is 0 Å². The van der Waals surface area contributed by atoms with Crippen LogP contribution in [0, 0.1) is 11.8 Å². The van der Waals surface area contributed by atoms with Crippen molar-refractivity contribution in [3.8, 4) is 0 Å². The SMILES string of the molecule is CC1CCCCC1CNc1cn[nH]c(=O)c1Br. The summed E-state index contributed by atoms with van der Waals surface area (Å²) in [4.78, 5) is 11.4. The Morgan fingerprint density at radius 2 is 2.29 bits per heavy atom. The highest BCUT2D eigenvalue weighted by molar-refractivity contribution is 9.10. The molecule has 0 amide bonds. The van der Waals surface area contributed by atoms with Crippen molar-refractivity contribution in [2.45, 2.75) is 32.6 Å². The van der Waals surface area contributed by atoms with Crippen LogP contribution in [-0.2, 0) is 0 Å². The lowest BCUT2D eigenvalue weighted by molar-refractivity contribution is 0.268. The third kappa shape index (κ3) is 3.09. The Kier molecular flexibility index (Phi) is 4.20. The number of hydrogen-bond donors (Lipinski definition) is 2. The summed E-state index contributed by atoms with van der Waals surface area (Å²) in [5.41, 5.74) is 0.596. The van der Waals surface area contributed by atoms with Crippen molar-refractivity contribution in [2.24, 2.45) is 11.8 Å². The molecule has 1 saturated carbocycles. The van der Waals surface area contributed by atoms with Crippen LogP contribution in [0.15, 0.2) is 15.5 Å². The van der Waals surface area contributed by atoms with Gasteiger partial charge in [0.15, 0.2) is 0 Å². The van der Waals surface area contributed by atoms with Gasteiger partial charge in [-0.1, -0.05) is 26.2 Å². The average molecular weight is 300 g/mol. The molecule has 1 heterocycles. The van der Waals surface area contributed by atoms with Crippen molar-refractivity contribution in [1.82, 2.24) is 10.2 Å². The quantitative estimate of drug-likeness (QED) is 0.902. The molecular formula is C12H18BrN3O. The Morgan fingerprint density at radius 1 is 1.53 bits per heavy atom. The molecule has 1 fully saturated rings. The Bertz CT molecular complexity index is 432. The van der Waals surface area contributed by atoms with Crippen molar-refractivity contribution < 1.29 is 0 Å². The van der Waals surface area contributed by atoms with E-state index in [0.717, 1.165) is 18.2 Å². The third-order valence-corrected chi connectivity index (χ3v) is 4.43. The van der Waals surface area contributed by atoms with Crippen LogP contribution < -0.4 is 10.9 Å². The van der Waals surface area contributed by atoms with Gasteiger partial charge in [-0.25, -0.2) is 5.10 Å². The number of aromatic nitrogens is 2. The second-order valence-electron chi connectivity index (χ2n) is 4.83. The highest BCUT2D eigenvalue weighted by Gasteiger charge is 2.21. The highest BCUT2D eigenvalue weighted by atomic mass is 79.9. The Morgan fingerprint density at radius 3 is 3.06 bits per heavy atom. The Balaban J connectivity index is 1.97. The molecule has 2 unspecified atom stereocenters. The van der Waals surface area contributed by atoms with E-state index >= 15 is 0 Å². The molecule has 0 saturated heterocycles. The molecule has 0 spiro atoms. The van der Waals surface area contributed by atoms with Crippen LogP contribution in [0.5, 0.6) is 0 Å². The van der Waals surface area contributed by atoms with E-state index in [2.05, 4.69) is 38.4 Å². The normalized spacial score (nSPS) is 24.6. The van der Waals surface area contributed by atoms with Crippen LogP contribution in [0.2, 0.25) is 0 Å². The van der Waals surface area contributed by atoms with Crippen LogP contribution in [-0.4, -0.2) is 16.7 Å². The first-order valence-corrected chi connectivity index (χ1v) is 6.95. The van der Waals surface area contributed by atoms with Gasteiger partial charge in [-0.05, 0) is 34.2 Å². The van der Waals surface area contributed by atoms with Gasteiger partial charge >= 0.3 is 0 Å². The molecule has 2 rings (SSSR count). The molecular weight excluding hydrogens is 282 g/mol. The summed E-state index contributed by atoms with van der Waals surface area (Å²) in [6.07, 6.45) is 6.93. The van der Waals surface area contributed by atoms with Crippen molar-refractivity contribution >= 4 is 21.6 Å². The number of aromatic amines is 1. The van der Waals surface area contributed by atoms with Crippen molar-refractivity contribution in [3.63, 3.8) is 0 Å². The number of hydrogen-bond acceptors (Lipinski definition) is 3. The molecule has 4 nitrogen and oxygen atoms in total. The predicted octanol–water partition coefficient (Wildman–Crippen LogP) is 2.77.